The number of fused-ring (bicyclic) bond motifs is 1. The summed E-state index contributed by atoms with van der Waals surface area (Å²) in [4.78, 5) is 8.95. The molecule has 2 N–H and O–H groups in total. The zero-order chi connectivity index (χ0) is 22.0. The van der Waals surface area contributed by atoms with Crippen LogP contribution in [0.25, 0.3) is 11.0 Å². The topological polar surface area (TPSA) is 93.2 Å². The van der Waals surface area contributed by atoms with Gasteiger partial charge in [0.15, 0.2) is 11.6 Å². The van der Waals surface area contributed by atoms with E-state index in [0.29, 0.717) is 22.5 Å². The first-order chi connectivity index (χ1) is 14.9. The molecule has 0 aliphatic carbocycles. The molecule has 0 aliphatic rings. The molecule has 31 heavy (non-hydrogen) atoms. The van der Waals surface area contributed by atoms with E-state index >= 15 is 0 Å². The minimum absolute atomic E-state index is 0.00771. The van der Waals surface area contributed by atoms with Gasteiger partial charge in [0.05, 0.1) is 28.7 Å². The number of para-hydroxylation sites is 4. The maximum atomic E-state index is 13.5. The van der Waals surface area contributed by atoms with Gasteiger partial charge in [0.25, 0.3) is 10.0 Å². The summed E-state index contributed by atoms with van der Waals surface area (Å²) >= 11 is 0. The average Bonchev–Trinajstić information content (AvgIpc) is 2.74. The lowest BCUT2D eigenvalue weighted by molar-refractivity contribution is 0.417. The summed E-state index contributed by atoms with van der Waals surface area (Å²) in [5.41, 5.74) is 1.97. The molecule has 0 unspecified atom stereocenters. The highest BCUT2D eigenvalue weighted by Crippen LogP contribution is 2.31. The number of sulfonamides is 1. The summed E-state index contributed by atoms with van der Waals surface area (Å²) in [6.07, 6.45) is 0. The molecule has 158 valence electrons. The molecule has 0 atom stereocenters. The number of methoxy groups -OCH3 is 1. The molecule has 0 spiro atoms. The van der Waals surface area contributed by atoms with Crippen LogP contribution in [0.4, 0.5) is 21.7 Å². The molecule has 1 heterocycles. The standard InChI is InChI=1S/C22H19FN4O3S/c1-14-13-15(23)11-12-20(14)31(28,29)27-22-21(24-16-7-3-4-8-17(16)25-22)26-18-9-5-6-10-19(18)30-2/h3-13H,1-2H3,(H,24,26)(H,25,27). The van der Waals surface area contributed by atoms with E-state index in [4.69, 9.17) is 4.74 Å². The van der Waals surface area contributed by atoms with Crippen molar-refractivity contribution in [3.8, 4) is 5.75 Å². The monoisotopic (exact) mass is 438 g/mol. The predicted octanol–water partition coefficient (Wildman–Crippen LogP) is 4.63. The summed E-state index contributed by atoms with van der Waals surface area (Å²) in [5.74, 6) is 0.251. The van der Waals surface area contributed by atoms with Crippen LogP contribution in [0.5, 0.6) is 5.75 Å². The third kappa shape index (κ3) is 4.26. The van der Waals surface area contributed by atoms with E-state index in [1.54, 1.807) is 30.3 Å². The first-order valence-electron chi connectivity index (χ1n) is 9.33. The van der Waals surface area contributed by atoms with Gasteiger partial charge in [0.1, 0.15) is 11.6 Å². The molecule has 7 nitrogen and oxygen atoms in total. The fraction of sp³-hybridized carbons (Fsp3) is 0.0909. The number of aromatic nitrogens is 2. The number of aryl methyl sites for hydroxylation is 1. The van der Waals surface area contributed by atoms with E-state index in [-0.39, 0.29) is 22.1 Å². The fourth-order valence-electron chi connectivity index (χ4n) is 3.13. The lowest BCUT2D eigenvalue weighted by atomic mass is 10.2. The van der Waals surface area contributed by atoms with Gasteiger partial charge in [0.2, 0.25) is 0 Å². The number of nitrogens with zero attached hydrogens (tertiary/aromatic N) is 2. The third-order valence-corrected chi connectivity index (χ3v) is 6.09. The molecule has 9 heteroatoms. The van der Waals surface area contributed by atoms with Crippen molar-refractivity contribution in [1.29, 1.82) is 0 Å². The molecule has 4 rings (SSSR count). The fourth-order valence-corrected chi connectivity index (χ4v) is 4.37. The summed E-state index contributed by atoms with van der Waals surface area (Å²) in [7, 11) is -2.52. The molecule has 0 fully saturated rings. The van der Waals surface area contributed by atoms with Crippen LogP contribution in [0.3, 0.4) is 0 Å². The molecule has 0 saturated carbocycles. The summed E-state index contributed by atoms with van der Waals surface area (Å²) in [5, 5.41) is 3.10. The van der Waals surface area contributed by atoms with Gasteiger partial charge in [-0.15, -0.1) is 0 Å². The van der Waals surface area contributed by atoms with Gasteiger partial charge in [-0.1, -0.05) is 24.3 Å². The Kier molecular flexibility index (Phi) is 5.43. The number of ether oxygens (including phenoxy) is 1. The van der Waals surface area contributed by atoms with Crippen molar-refractivity contribution < 1.29 is 17.5 Å². The Morgan fingerprint density at radius 2 is 1.55 bits per heavy atom. The predicted molar refractivity (Wildman–Crippen MR) is 118 cm³/mol. The Bertz CT molecular complexity index is 1380. The molecule has 0 amide bonds. The second-order valence-electron chi connectivity index (χ2n) is 6.75. The van der Waals surface area contributed by atoms with Crippen LogP contribution in [0, 0.1) is 12.7 Å². The number of halogens is 1. The van der Waals surface area contributed by atoms with Gasteiger partial charge in [-0.2, -0.15) is 0 Å². The normalized spacial score (nSPS) is 11.3. The highest BCUT2D eigenvalue weighted by molar-refractivity contribution is 7.92. The highest BCUT2D eigenvalue weighted by atomic mass is 32.2. The Morgan fingerprint density at radius 1 is 0.903 bits per heavy atom. The second-order valence-corrected chi connectivity index (χ2v) is 8.40. The zero-order valence-electron chi connectivity index (χ0n) is 16.8. The second kappa shape index (κ2) is 8.19. The Labute approximate surface area is 179 Å². The highest BCUT2D eigenvalue weighted by Gasteiger charge is 2.21. The molecule has 1 aromatic heterocycles. The van der Waals surface area contributed by atoms with E-state index < -0.39 is 15.8 Å². The number of hydrogen-bond donors (Lipinski definition) is 2. The number of hydrogen-bond acceptors (Lipinski definition) is 6. The van der Waals surface area contributed by atoms with Gasteiger partial charge in [-0.3, -0.25) is 4.72 Å². The molecule has 3 aromatic carbocycles. The SMILES string of the molecule is COc1ccccc1Nc1nc2ccccc2nc1NS(=O)(=O)c1ccc(F)cc1C. The third-order valence-electron chi connectivity index (χ3n) is 4.59. The minimum Gasteiger partial charge on any atom is -0.495 e. The first kappa shape index (κ1) is 20.5. The van der Waals surface area contributed by atoms with Crippen LogP contribution in [-0.2, 0) is 10.0 Å². The van der Waals surface area contributed by atoms with Crippen molar-refractivity contribution >= 4 is 38.4 Å². The maximum absolute atomic E-state index is 13.5. The summed E-state index contributed by atoms with van der Waals surface area (Å²) < 4.78 is 47.4. The zero-order valence-corrected chi connectivity index (χ0v) is 17.6. The number of rotatable bonds is 6. The molecular weight excluding hydrogens is 419 g/mol. The summed E-state index contributed by atoms with van der Waals surface area (Å²) in [6.45, 7) is 1.53. The lowest BCUT2D eigenvalue weighted by Crippen LogP contribution is -2.17. The summed E-state index contributed by atoms with van der Waals surface area (Å²) in [6, 6.07) is 17.8. The lowest BCUT2D eigenvalue weighted by Gasteiger charge is -2.16. The van der Waals surface area contributed by atoms with Crippen LogP contribution in [0.15, 0.2) is 71.6 Å². The van der Waals surface area contributed by atoms with E-state index in [1.807, 2.05) is 18.2 Å². The molecule has 0 bridgehead atoms. The van der Waals surface area contributed by atoms with Gasteiger partial charge in [-0.05, 0) is 55.0 Å². The Balaban J connectivity index is 1.81. The van der Waals surface area contributed by atoms with Crippen molar-refractivity contribution in [2.75, 3.05) is 17.1 Å². The molecule has 0 radical (unpaired) electrons. The van der Waals surface area contributed by atoms with Crippen molar-refractivity contribution in [2.24, 2.45) is 0 Å². The molecule has 4 aromatic rings. The van der Waals surface area contributed by atoms with Crippen LogP contribution >= 0.6 is 0 Å². The number of anilines is 3. The first-order valence-corrected chi connectivity index (χ1v) is 10.8. The van der Waals surface area contributed by atoms with Crippen molar-refractivity contribution in [3.05, 3.63) is 78.1 Å². The van der Waals surface area contributed by atoms with Gasteiger partial charge in [-0.25, -0.2) is 22.8 Å². The number of benzene rings is 3. The largest absolute Gasteiger partial charge is 0.495 e. The van der Waals surface area contributed by atoms with E-state index in [0.717, 1.165) is 12.1 Å². The van der Waals surface area contributed by atoms with Crippen molar-refractivity contribution in [2.45, 2.75) is 11.8 Å². The van der Waals surface area contributed by atoms with Crippen molar-refractivity contribution in [3.63, 3.8) is 0 Å². The van der Waals surface area contributed by atoms with Gasteiger partial charge in [0, 0.05) is 0 Å². The smallest absolute Gasteiger partial charge is 0.263 e. The van der Waals surface area contributed by atoms with Gasteiger partial charge < -0.3 is 10.1 Å². The Hall–Kier alpha value is -3.72. The average molecular weight is 438 g/mol. The molecule has 0 aliphatic heterocycles. The van der Waals surface area contributed by atoms with E-state index in [2.05, 4.69) is 20.0 Å². The molecular formula is C22H19FN4O3S. The van der Waals surface area contributed by atoms with E-state index in [1.165, 1.54) is 20.1 Å². The quantitative estimate of drug-likeness (QED) is 0.456. The van der Waals surface area contributed by atoms with Crippen LogP contribution in [0.2, 0.25) is 0 Å². The Morgan fingerprint density at radius 3 is 2.23 bits per heavy atom. The van der Waals surface area contributed by atoms with Crippen molar-refractivity contribution in [1.82, 2.24) is 9.97 Å². The molecule has 0 saturated heterocycles. The maximum Gasteiger partial charge on any atom is 0.263 e. The van der Waals surface area contributed by atoms with Crippen LogP contribution < -0.4 is 14.8 Å². The minimum atomic E-state index is -4.05. The van der Waals surface area contributed by atoms with Crippen LogP contribution in [-0.4, -0.2) is 25.5 Å². The van der Waals surface area contributed by atoms with Gasteiger partial charge >= 0.3 is 0 Å². The number of nitrogens with one attached hydrogen (secondary N) is 2. The van der Waals surface area contributed by atoms with E-state index in [9.17, 15) is 12.8 Å². The van der Waals surface area contributed by atoms with Crippen LogP contribution in [0.1, 0.15) is 5.56 Å².